The highest BCUT2D eigenvalue weighted by molar-refractivity contribution is 5.84. The number of rotatable bonds is 5. The molecule has 3 aromatic rings. The normalized spacial score (nSPS) is 15.3. The average molecular weight is 349 g/mol. The third-order valence-corrected chi connectivity index (χ3v) is 5.03. The van der Waals surface area contributed by atoms with E-state index in [4.69, 9.17) is 0 Å². The van der Waals surface area contributed by atoms with Crippen molar-refractivity contribution in [1.82, 2.24) is 19.9 Å². The van der Waals surface area contributed by atoms with Gasteiger partial charge in [-0.15, -0.1) is 0 Å². The van der Waals surface area contributed by atoms with Gasteiger partial charge in [-0.1, -0.05) is 18.2 Å². The van der Waals surface area contributed by atoms with Crippen LogP contribution in [0.2, 0.25) is 0 Å². The zero-order valence-electron chi connectivity index (χ0n) is 14.7. The van der Waals surface area contributed by atoms with Gasteiger partial charge in [-0.05, 0) is 37.0 Å². The Hall–Kier alpha value is -2.89. The van der Waals surface area contributed by atoms with E-state index >= 15 is 0 Å². The van der Waals surface area contributed by atoms with Gasteiger partial charge in [0.2, 0.25) is 11.9 Å². The van der Waals surface area contributed by atoms with Crippen molar-refractivity contribution in [2.45, 2.75) is 31.7 Å². The maximum atomic E-state index is 12.6. The maximum Gasteiger partial charge on any atom is 0.222 e. The number of aromatic amines is 1. The first-order valence-corrected chi connectivity index (χ1v) is 9.16. The summed E-state index contributed by atoms with van der Waals surface area (Å²) >= 11 is 0. The number of aryl methyl sites for hydroxylation is 1. The van der Waals surface area contributed by atoms with Gasteiger partial charge in [-0.3, -0.25) is 4.79 Å². The summed E-state index contributed by atoms with van der Waals surface area (Å²) in [6, 6.07) is 10.4. The fourth-order valence-corrected chi connectivity index (χ4v) is 3.57. The first kappa shape index (κ1) is 16.6. The van der Waals surface area contributed by atoms with Crippen molar-refractivity contribution in [3.63, 3.8) is 0 Å². The van der Waals surface area contributed by atoms with E-state index < -0.39 is 0 Å². The average Bonchev–Trinajstić information content (AvgIpc) is 3.11. The number of hydrogen-bond donors (Lipinski definition) is 2. The van der Waals surface area contributed by atoms with E-state index in [1.807, 2.05) is 23.2 Å². The van der Waals surface area contributed by atoms with Gasteiger partial charge in [0.1, 0.15) is 0 Å². The summed E-state index contributed by atoms with van der Waals surface area (Å²) in [4.78, 5) is 26.2. The SMILES string of the molecule is O=C(CCc1c[nH]c2ccccc12)N1CCC(Nc2ncccn2)CC1. The molecule has 6 nitrogen and oxygen atoms in total. The number of piperidine rings is 1. The molecule has 1 aliphatic rings. The molecule has 0 unspecified atom stereocenters. The number of carbonyl (C=O) groups excluding carboxylic acids is 1. The van der Waals surface area contributed by atoms with Crippen molar-refractivity contribution in [2.24, 2.45) is 0 Å². The molecule has 1 amide bonds. The second-order valence-corrected chi connectivity index (χ2v) is 6.73. The molecule has 1 fully saturated rings. The van der Waals surface area contributed by atoms with Gasteiger partial charge >= 0.3 is 0 Å². The lowest BCUT2D eigenvalue weighted by Crippen LogP contribution is -2.42. The third kappa shape index (κ3) is 3.69. The van der Waals surface area contributed by atoms with Gasteiger partial charge in [0, 0.05) is 55.0 Å². The third-order valence-electron chi connectivity index (χ3n) is 5.03. The summed E-state index contributed by atoms with van der Waals surface area (Å²) in [5.74, 6) is 0.904. The largest absolute Gasteiger partial charge is 0.361 e. The standard InChI is InChI=1S/C20H23N5O/c26-19(7-6-15-14-23-18-5-2-1-4-17(15)18)25-12-8-16(9-13-25)24-20-21-10-3-11-22-20/h1-5,10-11,14,16,23H,6-9,12-13H2,(H,21,22,24). The number of nitrogens with one attached hydrogen (secondary N) is 2. The molecule has 0 aliphatic carbocycles. The fraction of sp³-hybridized carbons (Fsp3) is 0.350. The number of aromatic nitrogens is 3. The number of benzene rings is 1. The minimum atomic E-state index is 0.240. The molecule has 0 radical (unpaired) electrons. The van der Waals surface area contributed by atoms with Crippen LogP contribution in [0.15, 0.2) is 48.9 Å². The Morgan fingerprint density at radius 1 is 1.15 bits per heavy atom. The van der Waals surface area contributed by atoms with Crippen LogP contribution in [0.25, 0.3) is 10.9 Å². The minimum absolute atomic E-state index is 0.240. The van der Waals surface area contributed by atoms with E-state index in [-0.39, 0.29) is 5.91 Å². The monoisotopic (exact) mass is 349 g/mol. The Bertz CT molecular complexity index is 868. The number of para-hydroxylation sites is 1. The Kier molecular flexibility index (Phi) is 4.82. The smallest absolute Gasteiger partial charge is 0.222 e. The molecule has 0 bridgehead atoms. The zero-order valence-corrected chi connectivity index (χ0v) is 14.7. The summed E-state index contributed by atoms with van der Waals surface area (Å²) in [6.07, 6.45) is 8.68. The Labute approximate surface area is 152 Å². The molecule has 1 saturated heterocycles. The number of carbonyl (C=O) groups is 1. The quantitative estimate of drug-likeness (QED) is 0.743. The Morgan fingerprint density at radius 2 is 1.92 bits per heavy atom. The van der Waals surface area contributed by atoms with Crippen molar-refractivity contribution in [2.75, 3.05) is 18.4 Å². The lowest BCUT2D eigenvalue weighted by atomic mass is 10.0. The summed E-state index contributed by atoms with van der Waals surface area (Å²) in [5, 5.41) is 4.56. The molecule has 1 aliphatic heterocycles. The highest BCUT2D eigenvalue weighted by Gasteiger charge is 2.23. The number of fused-ring (bicyclic) bond motifs is 1. The van der Waals surface area contributed by atoms with Crippen LogP contribution in [0.5, 0.6) is 0 Å². The predicted molar refractivity (Wildman–Crippen MR) is 102 cm³/mol. The van der Waals surface area contributed by atoms with Crippen LogP contribution < -0.4 is 5.32 Å². The van der Waals surface area contributed by atoms with Crippen molar-refractivity contribution in [3.8, 4) is 0 Å². The fourth-order valence-electron chi connectivity index (χ4n) is 3.57. The number of anilines is 1. The number of likely N-dealkylation sites (tertiary alicyclic amines) is 1. The van der Waals surface area contributed by atoms with Gasteiger partial charge in [-0.2, -0.15) is 0 Å². The molecule has 3 heterocycles. The van der Waals surface area contributed by atoms with Crippen LogP contribution in [0.4, 0.5) is 5.95 Å². The number of nitrogens with zero attached hydrogens (tertiary/aromatic N) is 3. The topological polar surface area (TPSA) is 73.9 Å². The van der Waals surface area contributed by atoms with Crippen LogP contribution in [0, 0.1) is 0 Å². The van der Waals surface area contributed by atoms with Gasteiger partial charge < -0.3 is 15.2 Å². The first-order chi connectivity index (χ1) is 12.8. The Balaban J connectivity index is 1.27. The molecule has 0 saturated carbocycles. The predicted octanol–water partition coefficient (Wildman–Crippen LogP) is 2.99. The molecule has 6 heteroatoms. The van der Waals surface area contributed by atoms with Crippen molar-refractivity contribution in [3.05, 3.63) is 54.5 Å². The maximum absolute atomic E-state index is 12.6. The summed E-state index contributed by atoms with van der Waals surface area (Å²) in [7, 11) is 0. The van der Waals surface area contributed by atoms with E-state index in [9.17, 15) is 4.79 Å². The van der Waals surface area contributed by atoms with E-state index in [1.54, 1.807) is 18.5 Å². The van der Waals surface area contributed by atoms with E-state index in [0.717, 1.165) is 37.9 Å². The van der Waals surface area contributed by atoms with E-state index in [1.165, 1.54) is 10.9 Å². The van der Waals surface area contributed by atoms with Gasteiger partial charge in [0.05, 0.1) is 0 Å². The summed E-state index contributed by atoms with van der Waals surface area (Å²) < 4.78 is 0. The van der Waals surface area contributed by atoms with Crippen molar-refractivity contribution >= 4 is 22.8 Å². The first-order valence-electron chi connectivity index (χ1n) is 9.16. The molecule has 1 aromatic carbocycles. The van der Waals surface area contributed by atoms with Crippen LogP contribution in [0.3, 0.4) is 0 Å². The molecule has 0 spiro atoms. The summed E-state index contributed by atoms with van der Waals surface area (Å²) in [5.41, 5.74) is 2.34. The summed E-state index contributed by atoms with van der Waals surface area (Å²) in [6.45, 7) is 1.58. The molecule has 4 rings (SSSR count). The van der Waals surface area contributed by atoms with Gasteiger partial charge in [0.15, 0.2) is 0 Å². The van der Waals surface area contributed by atoms with E-state index in [2.05, 4.69) is 32.4 Å². The van der Waals surface area contributed by atoms with Gasteiger partial charge in [-0.25, -0.2) is 9.97 Å². The van der Waals surface area contributed by atoms with Crippen molar-refractivity contribution in [1.29, 1.82) is 0 Å². The number of H-pyrrole nitrogens is 1. The number of amides is 1. The van der Waals surface area contributed by atoms with E-state index in [0.29, 0.717) is 18.4 Å². The second-order valence-electron chi connectivity index (χ2n) is 6.73. The van der Waals surface area contributed by atoms with Crippen LogP contribution in [0.1, 0.15) is 24.8 Å². The molecular weight excluding hydrogens is 326 g/mol. The van der Waals surface area contributed by atoms with Crippen LogP contribution >= 0.6 is 0 Å². The molecule has 26 heavy (non-hydrogen) atoms. The molecule has 2 N–H and O–H groups in total. The molecule has 0 atom stereocenters. The highest BCUT2D eigenvalue weighted by Crippen LogP contribution is 2.20. The lowest BCUT2D eigenvalue weighted by Gasteiger charge is -2.32. The molecular formula is C20H23N5O. The number of hydrogen-bond acceptors (Lipinski definition) is 4. The molecule has 2 aromatic heterocycles. The zero-order chi connectivity index (χ0) is 17.8. The van der Waals surface area contributed by atoms with Gasteiger partial charge in [0.25, 0.3) is 0 Å². The highest BCUT2D eigenvalue weighted by atomic mass is 16.2. The van der Waals surface area contributed by atoms with Crippen LogP contribution in [-0.4, -0.2) is 44.9 Å². The minimum Gasteiger partial charge on any atom is -0.361 e. The van der Waals surface area contributed by atoms with Crippen molar-refractivity contribution < 1.29 is 4.79 Å². The molecule has 134 valence electrons. The van der Waals surface area contributed by atoms with Crippen LogP contribution in [-0.2, 0) is 11.2 Å². The second kappa shape index (κ2) is 7.56. The Morgan fingerprint density at radius 3 is 2.73 bits per heavy atom. The lowest BCUT2D eigenvalue weighted by molar-refractivity contribution is -0.132.